The number of carbonyl (C=O) groups is 2. The Labute approximate surface area is 161 Å². The van der Waals surface area contributed by atoms with Crippen LogP contribution in [-0.2, 0) is 9.59 Å². The fourth-order valence-corrected chi connectivity index (χ4v) is 2.90. The van der Waals surface area contributed by atoms with Gasteiger partial charge in [0.15, 0.2) is 0 Å². The number of hydrogen-bond acceptors (Lipinski definition) is 4. The topological polar surface area (TPSA) is 52.6 Å². The van der Waals surface area contributed by atoms with Crippen LogP contribution in [0.5, 0.6) is 11.5 Å². The number of hydrogen-bond donors (Lipinski definition) is 0. The Balaban J connectivity index is 1.39. The number of ether oxygens (including phenoxy) is 2. The molecule has 4 heteroatoms. The highest BCUT2D eigenvalue weighted by molar-refractivity contribution is 5.94. The smallest absolute Gasteiger partial charge is 0.336 e. The number of fused-ring (bicyclic) bond motifs is 2. The molecule has 0 heterocycles. The van der Waals surface area contributed by atoms with Gasteiger partial charge in [-0.3, -0.25) is 0 Å². The molecule has 0 N–H and O–H groups in total. The lowest BCUT2D eigenvalue weighted by Crippen LogP contribution is -2.08. The molecule has 0 unspecified atom stereocenters. The maximum atomic E-state index is 12.0. The number of esters is 2. The van der Waals surface area contributed by atoms with Gasteiger partial charge >= 0.3 is 11.9 Å². The summed E-state index contributed by atoms with van der Waals surface area (Å²) in [6.45, 7) is 0. The molecule has 28 heavy (non-hydrogen) atoms. The summed E-state index contributed by atoms with van der Waals surface area (Å²) in [6, 6.07) is 26.2. The molecule has 4 aromatic carbocycles. The van der Waals surface area contributed by atoms with Gasteiger partial charge in [-0.1, -0.05) is 60.7 Å². The zero-order valence-corrected chi connectivity index (χ0v) is 14.9. The first kappa shape index (κ1) is 17.5. The molecule has 0 saturated carbocycles. The number of benzene rings is 4. The molecule has 0 aliphatic heterocycles. The van der Waals surface area contributed by atoms with Crippen molar-refractivity contribution < 1.29 is 19.1 Å². The average molecular weight is 368 g/mol. The summed E-state index contributed by atoms with van der Waals surface area (Å²) < 4.78 is 10.5. The Bertz CT molecular complexity index is 1110. The molecule has 0 bridgehead atoms. The lowest BCUT2D eigenvalue weighted by molar-refractivity contribution is -0.131. The van der Waals surface area contributed by atoms with E-state index in [0.29, 0.717) is 11.5 Å². The molecule has 136 valence electrons. The second-order valence-corrected chi connectivity index (χ2v) is 6.19. The standard InChI is InChI=1S/C24H16O4/c25-23(27-21-11-9-17-5-1-3-7-19(17)15-21)13-14-24(26)28-22-12-10-18-6-2-4-8-20(18)16-22/h1-16H. The van der Waals surface area contributed by atoms with E-state index >= 15 is 0 Å². The molecule has 4 rings (SSSR count). The van der Waals surface area contributed by atoms with Gasteiger partial charge in [0.25, 0.3) is 0 Å². The second-order valence-electron chi connectivity index (χ2n) is 6.19. The van der Waals surface area contributed by atoms with Crippen molar-refractivity contribution in [2.45, 2.75) is 0 Å². The summed E-state index contributed by atoms with van der Waals surface area (Å²) >= 11 is 0. The fraction of sp³-hybridized carbons (Fsp3) is 0. The maximum Gasteiger partial charge on any atom is 0.336 e. The molecular formula is C24H16O4. The van der Waals surface area contributed by atoms with Gasteiger partial charge < -0.3 is 9.47 Å². The first-order valence-electron chi connectivity index (χ1n) is 8.77. The third-order valence-electron chi connectivity index (χ3n) is 4.23. The molecule has 0 radical (unpaired) electrons. The second kappa shape index (κ2) is 7.76. The van der Waals surface area contributed by atoms with Crippen LogP contribution >= 0.6 is 0 Å². The van der Waals surface area contributed by atoms with E-state index in [-0.39, 0.29) is 0 Å². The van der Waals surface area contributed by atoms with E-state index in [9.17, 15) is 9.59 Å². The molecular weight excluding hydrogens is 352 g/mol. The van der Waals surface area contributed by atoms with E-state index in [1.807, 2.05) is 60.7 Å². The normalized spacial score (nSPS) is 11.0. The summed E-state index contributed by atoms with van der Waals surface area (Å²) in [5.41, 5.74) is 0. The minimum atomic E-state index is -0.647. The van der Waals surface area contributed by atoms with E-state index < -0.39 is 11.9 Å². The molecule has 0 aromatic heterocycles. The van der Waals surface area contributed by atoms with Gasteiger partial charge in [-0.15, -0.1) is 0 Å². The quantitative estimate of drug-likeness (QED) is 0.287. The fourth-order valence-electron chi connectivity index (χ4n) is 2.90. The van der Waals surface area contributed by atoms with Crippen LogP contribution in [0.4, 0.5) is 0 Å². The van der Waals surface area contributed by atoms with Gasteiger partial charge in [-0.05, 0) is 45.8 Å². The molecule has 0 fully saturated rings. The Hall–Kier alpha value is -3.92. The maximum absolute atomic E-state index is 12.0. The summed E-state index contributed by atoms with van der Waals surface area (Å²) in [5, 5.41) is 4.04. The number of rotatable bonds is 4. The molecule has 0 aliphatic rings. The van der Waals surface area contributed by atoms with Crippen molar-refractivity contribution >= 4 is 33.5 Å². The minimum Gasteiger partial charge on any atom is -0.423 e. The van der Waals surface area contributed by atoms with Crippen molar-refractivity contribution in [3.05, 3.63) is 97.1 Å². The summed E-state index contributed by atoms with van der Waals surface area (Å²) in [7, 11) is 0. The van der Waals surface area contributed by atoms with Crippen LogP contribution in [0.2, 0.25) is 0 Å². The predicted octanol–water partition coefficient (Wildman–Crippen LogP) is 5.06. The molecule has 0 aliphatic carbocycles. The molecule has 4 nitrogen and oxygen atoms in total. The van der Waals surface area contributed by atoms with Crippen molar-refractivity contribution in [2.75, 3.05) is 0 Å². The lowest BCUT2D eigenvalue weighted by Gasteiger charge is -2.04. The molecule has 4 aromatic rings. The van der Waals surface area contributed by atoms with Crippen LogP contribution in [0.3, 0.4) is 0 Å². The van der Waals surface area contributed by atoms with Crippen LogP contribution in [0.15, 0.2) is 97.1 Å². The first-order chi connectivity index (χ1) is 13.7. The van der Waals surface area contributed by atoms with Gasteiger partial charge in [0.1, 0.15) is 11.5 Å². The van der Waals surface area contributed by atoms with E-state index in [2.05, 4.69) is 0 Å². The predicted molar refractivity (Wildman–Crippen MR) is 108 cm³/mol. The van der Waals surface area contributed by atoms with Gasteiger partial charge in [0.2, 0.25) is 0 Å². The third kappa shape index (κ3) is 4.07. The summed E-state index contributed by atoms with van der Waals surface area (Å²) in [5.74, 6) is -0.469. The highest BCUT2D eigenvalue weighted by atomic mass is 16.5. The van der Waals surface area contributed by atoms with E-state index in [1.165, 1.54) is 0 Å². The Morgan fingerprint density at radius 1 is 0.536 bits per heavy atom. The molecule has 0 spiro atoms. The monoisotopic (exact) mass is 368 g/mol. The van der Waals surface area contributed by atoms with Crippen LogP contribution in [0.1, 0.15) is 0 Å². The lowest BCUT2D eigenvalue weighted by atomic mass is 10.1. The zero-order valence-electron chi connectivity index (χ0n) is 14.9. The van der Waals surface area contributed by atoms with E-state index in [4.69, 9.17) is 9.47 Å². The van der Waals surface area contributed by atoms with Crippen molar-refractivity contribution in [1.29, 1.82) is 0 Å². The van der Waals surface area contributed by atoms with Gasteiger partial charge in [0.05, 0.1) is 0 Å². The van der Waals surface area contributed by atoms with Gasteiger partial charge in [-0.2, -0.15) is 0 Å². The summed E-state index contributed by atoms with van der Waals surface area (Å²) in [4.78, 5) is 23.9. The largest absolute Gasteiger partial charge is 0.423 e. The zero-order chi connectivity index (χ0) is 19.3. The number of carbonyl (C=O) groups excluding carboxylic acids is 2. The first-order valence-corrected chi connectivity index (χ1v) is 8.77. The van der Waals surface area contributed by atoms with E-state index in [1.54, 1.807) is 24.3 Å². The van der Waals surface area contributed by atoms with Crippen LogP contribution in [-0.4, -0.2) is 11.9 Å². The van der Waals surface area contributed by atoms with Gasteiger partial charge in [-0.25, -0.2) is 9.59 Å². The highest BCUT2D eigenvalue weighted by Gasteiger charge is 2.06. The third-order valence-corrected chi connectivity index (χ3v) is 4.23. The average Bonchev–Trinajstić information content (AvgIpc) is 2.72. The minimum absolute atomic E-state index is 0.413. The molecule has 0 saturated heterocycles. The summed E-state index contributed by atoms with van der Waals surface area (Å²) in [6.07, 6.45) is 2.11. The van der Waals surface area contributed by atoms with Crippen molar-refractivity contribution in [2.24, 2.45) is 0 Å². The highest BCUT2D eigenvalue weighted by Crippen LogP contribution is 2.22. The Kier molecular flexibility index (Phi) is 4.85. The van der Waals surface area contributed by atoms with Crippen LogP contribution in [0.25, 0.3) is 21.5 Å². The Morgan fingerprint density at radius 3 is 1.36 bits per heavy atom. The van der Waals surface area contributed by atoms with Crippen molar-refractivity contribution in [3.63, 3.8) is 0 Å². The van der Waals surface area contributed by atoms with E-state index in [0.717, 1.165) is 33.7 Å². The van der Waals surface area contributed by atoms with Crippen LogP contribution in [0, 0.1) is 0 Å². The van der Waals surface area contributed by atoms with Crippen LogP contribution < -0.4 is 9.47 Å². The molecule has 0 amide bonds. The SMILES string of the molecule is O=C(C=CC(=O)Oc1ccc2ccccc2c1)Oc1ccc2ccccc2c1. The Morgan fingerprint density at radius 2 is 0.929 bits per heavy atom. The van der Waals surface area contributed by atoms with Crippen molar-refractivity contribution in [3.8, 4) is 11.5 Å². The molecule has 0 atom stereocenters. The van der Waals surface area contributed by atoms with Gasteiger partial charge in [0, 0.05) is 12.2 Å². The van der Waals surface area contributed by atoms with Crippen molar-refractivity contribution in [1.82, 2.24) is 0 Å².